The molecular formula is C25H15NO5. The van der Waals surface area contributed by atoms with Crippen molar-refractivity contribution in [2.24, 2.45) is 0 Å². The van der Waals surface area contributed by atoms with Crippen molar-refractivity contribution in [3.8, 4) is 11.5 Å². The van der Waals surface area contributed by atoms with E-state index < -0.39 is 11.9 Å². The number of hydrogen-bond acceptors (Lipinski definition) is 4. The van der Waals surface area contributed by atoms with E-state index in [9.17, 15) is 14.4 Å². The fraction of sp³-hybridized carbons (Fsp3) is 0. The van der Waals surface area contributed by atoms with Crippen molar-refractivity contribution in [2.45, 2.75) is 0 Å². The second kappa shape index (κ2) is 7.11. The minimum Gasteiger partial charge on any atom is -0.478 e. The topological polar surface area (TPSA) is 83.9 Å². The van der Waals surface area contributed by atoms with Crippen LogP contribution in [0.2, 0.25) is 0 Å². The normalized spacial score (nSPS) is 12.8. The maximum atomic E-state index is 13.1. The highest BCUT2D eigenvalue weighted by atomic mass is 16.5. The Morgan fingerprint density at radius 1 is 0.710 bits per heavy atom. The summed E-state index contributed by atoms with van der Waals surface area (Å²) in [5.41, 5.74) is 1.23. The van der Waals surface area contributed by atoms with Crippen molar-refractivity contribution < 1.29 is 24.2 Å². The Kier molecular flexibility index (Phi) is 4.26. The molecule has 1 aliphatic heterocycles. The first kappa shape index (κ1) is 18.6. The average Bonchev–Trinajstić information content (AvgIpc) is 3.03. The Hall–Kier alpha value is -4.45. The third-order valence-electron chi connectivity index (χ3n) is 5.19. The van der Waals surface area contributed by atoms with Gasteiger partial charge in [0.05, 0.1) is 22.4 Å². The van der Waals surface area contributed by atoms with E-state index in [1.165, 1.54) is 35.2 Å². The molecule has 0 aliphatic carbocycles. The van der Waals surface area contributed by atoms with Gasteiger partial charge in [-0.3, -0.25) is 9.59 Å². The van der Waals surface area contributed by atoms with E-state index in [1.807, 2.05) is 36.4 Å². The molecule has 4 aromatic rings. The molecule has 0 atom stereocenters. The zero-order valence-corrected chi connectivity index (χ0v) is 16.1. The van der Waals surface area contributed by atoms with Crippen LogP contribution in [-0.2, 0) is 0 Å². The number of hydrogen-bond donors (Lipinski definition) is 1. The number of carboxylic acid groups (broad SMARTS) is 1. The van der Waals surface area contributed by atoms with Gasteiger partial charge in [0.15, 0.2) is 0 Å². The molecule has 0 saturated heterocycles. The van der Waals surface area contributed by atoms with Gasteiger partial charge >= 0.3 is 5.97 Å². The van der Waals surface area contributed by atoms with Crippen molar-refractivity contribution in [1.29, 1.82) is 0 Å². The molecule has 150 valence electrons. The van der Waals surface area contributed by atoms with Crippen LogP contribution < -0.4 is 9.64 Å². The summed E-state index contributed by atoms with van der Waals surface area (Å²) in [6, 6.07) is 23.8. The number of fused-ring (bicyclic) bond motifs is 2. The lowest BCUT2D eigenvalue weighted by atomic mass is 10.1. The number of rotatable bonds is 4. The zero-order valence-electron chi connectivity index (χ0n) is 16.1. The first-order valence-corrected chi connectivity index (χ1v) is 9.54. The van der Waals surface area contributed by atoms with Gasteiger partial charge in [-0.2, -0.15) is 0 Å². The molecule has 5 rings (SSSR count). The Labute approximate surface area is 176 Å². The monoisotopic (exact) mass is 409 g/mol. The molecule has 0 spiro atoms. The van der Waals surface area contributed by atoms with Gasteiger partial charge in [0.2, 0.25) is 0 Å². The van der Waals surface area contributed by atoms with E-state index in [0.717, 1.165) is 10.8 Å². The largest absolute Gasteiger partial charge is 0.478 e. The molecule has 0 fully saturated rings. The van der Waals surface area contributed by atoms with Gasteiger partial charge in [-0.15, -0.1) is 0 Å². The molecular weight excluding hydrogens is 394 g/mol. The third kappa shape index (κ3) is 3.20. The Morgan fingerprint density at radius 3 is 2.13 bits per heavy atom. The smallest absolute Gasteiger partial charge is 0.335 e. The lowest BCUT2D eigenvalue weighted by Crippen LogP contribution is -2.29. The van der Waals surface area contributed by atoms with Gasteiger partial charge in [-0.25, -0.2) is 9.69 Å². The first-order valence-electron chi connectivity index (χ1n) is 9.54. The third-order valence-corrected chi connectivity index (χ3v) is 5.19. The summed E-state index contributed by atoms with van der Waals surface area (Å²) in [4.78, 5) is 38.1. The van der Waals surface area contributed by atoms with E-state index in [4.69, 9.17) is 9.84 Å². The molecule has 6 nitrogen and oxygen atoms in total. The van der Waals surface area contributed by atoms with Gasteiger partial charge < -0.3 is 9.84 Å². The predicted octanol–water partition coefficient (Wildman–Crippen LogP) is 5.13. The number of anilines is 1. The van der Waals surface area contributed by atoms with Gasteiger partial charge in [0.1, 0.15) is 11.5 Å². The highest BCUT2D eigenvalue weighted by Crippen LogP contribution is 2.33. The van der Waals surface area contributed by atoms with Crippen molar-refractivity contribution in [3.63, 3.8) is 0 Å². The van der Waals surface area contributed by atoms with Crippen molar-refractivity contribution in [1.82, 2.24) is 0 Å². The van der Waals surface area contributed by atoms with Crippen LogP contribution in [0.5, 0.6) is 11.5 Å². The minimum absolute atomic E-state index is 0.146. The van der Waals surface area contributed by atoms with E-state index in [1.54, 1.807) is 18.2 Å². The van der Waals surface area contributed by atoms with E-state index >= 15 is 0 Å². The fourth-order valence-corrected chi connectivity index (χ4v) is 3.64. The summed E-state index contributed by atoms with van der Waals surface area (Å²) in [5.74, 6) is -1.02. The molecule has 6 heteroatoms. The van der Waals surface area contributed by atoms with Crippen molar-refractivity contribution in [2.75, 3.05) is 4.90 Å². The average molecular weight is 409 g/mol. The van der Waals surface area contributed by atoms with Crippen LogP contribution in [0.25, 0.3) is 10.8 Å². The Balaban J connectivity index is 1.45. The summed E-state index contributed by atoms with van der Waals surface area (Å²) >= 11 is 0. The van der Waals surface area contributed by atoms with E-state index in [-0.39, 0.29) is 17.0 Å². The van der Waals surface area contributed by atoms with Crippen LogP contribution >= 0.6 is 0 Å². The molecule has 0 radical (unpaired) electrons. The van der Waals surface area contributed by atoms with Gasteiger partial charge in [-0.1, -0.05) is 30.3 Å². The summed E-state index contributed by atoms with van der Waals surface area (Å²) in [5, 5.41) is 10.9. The number of benzene rings is 4. The van der Waals surface area contributed by atoms with Gasteiger partial charge in [0.25, 0.3) is 11.8 Å². The SMILES string of the molecule is O=C(O)c1ccc(Oc2ccc3c(c2)C(=O)N(c2ccc4ccccc4c2)C3=O)cc1. The van der Waals surface area contributed by atoms with Gasteiger partial charge in [0, 0.05) is 0 Å². The number of nitrogens with zero attached hydrogens (tertiary/aromatic N) is 1. The molecule has 0 unspecified atom stereocenters. The molecule has 31 heavy (non-hydrogen) atoms. The Bertz CT molecular complexity index is 1370. The van der Waals surface area contributed by atoms with E-state index in [2.05, 4.69) is 0 Å². The number of imide groups is 1. The summed E-state index contributed by atoms with van der Waals surface area (Å²) in [6.07, 6.45) is 0. The van der Waals surface area contributed by atoms with Crippen LogP contribution in [0.1, 0.15) is 31.1 Å². The summed E-state index contributed by atoms with van der Waals surface area (Å²) in [6.45, 7) is 0. The van der Waals surface area contributed by atoms with Crippen LogP contribution in [0.3, 0.4) is 0 Å². The molecule has 2 amide bonds. The molecule has 1 heterocycles. The number of aromatic carboxylic acids is 1. The lowest BCUT2D eigenvalue weighted by Gasteiger charge is -2.14. The minimum atomic E-state index is -1.03. The highest BCUT2D eigenvalue weighted by molar-refractivity contribution is 6.34. The summed E-state index contributed by atoms with van der Waals surface area (Å²) < 4.78 is 5.75. The second-order valence-electron chi connectivity index (χ2n) is 7.12. The number of ether oxygens (including phenoxy) is 1. The van der Waals surface area contributed by atoms with Crippen LogP contribution in [0.15, 0.2) is 84.9 Å². The quantitative estimate of drug-likeness (QED) is 0.472. The summed E-state index contributed by atoms with van der Waals surface area (Å²) in [7, 11) is 0. The fourth-order valence-electron chi connectivity index (χ4n) is 3.64. The molecule has 0 saturated carbocycles. The van der Waals surface area contributed by atoms with Crippen LogP contribution in [-0.4, -0.2) is 22.9 Å². The molecule has 1 N–H and O–H groups in total. The van der Waals surface area contributed by atoms with Crippen LogP contribution in [0, 0.1) is 0 Å². The number of carbonyl (C=O) groups excluding carboxylic acids is 2. The number of amides is 2. The number of carbonyl (C=O) groups is 3. The van der Waals surface area contributed by atoms with Crippen LogP contribution in [0.4, 0.5) is 5.69 Å². The van der Waals surface area contributed by atoms with Crippen molar-refractivity contribution >= 4 is 34.2 Å². The second-order valence-corrected chi connectivity index (χ2v) is 7.12. The molecule has 0 bridgehead atoms. The first-order chi connectivity index (χ1) is 15.0. The lowest BCUT2D eigenvalue weighted by molar-refractivity contribution is 0.0696. The van der Waals surface area contributed by atoms with Crippen molar-refractivity contribution in [3.05, 3.63) is 102 Å². The maximum Gasteiger partial charge on any atom is 0.335 e. The highest BCUT2D eigenvalue weighted by Gasteiger charge is 2.37. The standard InChI is InChI=1S/C25H15NO5/c27-23-21-12-11-20(31-19-9-6-16(7-10-19)25(29)30)14-22(21)24(28)26(23)18-8-5-15-3-1-2-4-17(15)13-18/h1-14H,(H,29,30). The van der Waals surface area contributed by atoms with E-state index in [0.29, 0.717) is 22.7 Å². The number of carboxylic acids is 1. The zero-order chi connectivity index (χ0) is 21.5. The predicted molar refractivity (Wildman–Crippen MR) is 115 cm³/mol. The Morgan fingerprint density at radius 2 is 1.39 bits per heavy atom. The molecule has 0 aromatic heterocycles. The maximum absolute atomic E-state index is 13.1. The molecule has 1 aliphatic rings. The molecule has 4 aromatic carbocycles. The van der Waals surface area contributed by atoms with Gasteiger partial charge in [-0.05, 0) is 65.4 Å².